The Labute approximate surface area is 208 Å². The Balaban J connectivity index is 1.48. The van der Waals surface area contributed by atoms with Gasteiger partial charge in [-0.3, -0.25) is 4.79 Å². The predicted molar refractivity (Wildman–Crippen MR) is 138 cm³/mol. The molecule has 166 valence electrons. The Kier molecular flexibility index (Phi) is 7.75. The van der Waals surface area contributed by atoms with E-state index >= 15 is 0 Å². The molecule has 0 spiro atoms. The molecule has 0 fully saturated rings. The average molecular weight is 568 g/mol. The highest BCUT2D eigenvalue weighted by Crippen LogP contribution is 2.28. The summed E-state index contributed by atoms with van der Waals surface area (Å²) in [6.07, 6.45) is 1.61. The van der Waals surface area contributed by atoms with Crippen molar-refractivity contribution in [1.29, 1.82) is 0 Å². The Morgan fingerprint density at radius 3 is 2.55 bits per heavy atom. The number of rotatable bonds is 8. The summed E-state index contributed by atoms with van der Waals surface area (Å²) in [6.45, 7) is 0.256. The van der Waals surface area contributed by atoms with Gasteiger partial charge in [-0.2, -0.15) is 5.10 Å². The fraction of sp³-hybridized carbons (Fsp3) is 0.0769. The van der Waals surface area contributed by atoms with Gasteiger partial charge in [0.05, 0.1) is 10.7 Å². The second-order valence-electron chi connectivity index (χ2n) is 7.13. The Hall–Kier alpha value is -3.16. The van der Waals surface area contributed by atoms with Crippen LogP contribution in [0.4, 0.5) is 0 Å². The average Bonchev–Trinajstić information content (AvgIpc) is 2.83. The number of fused-ring (bicyclic) bond motifs is 1. The SMILES string of the molecule is O=C(COc1ccccc1Br)N/N=C/c1c(OCc2cccc(Br)c2)ccc2ccccc12. The van der Waals surface area contributed by atoms with Gasteiger partial charge in [-0.25, -0.2) is 5.43 Å². The van der Waals surface area contributed by atoms with E-state index in [1.54, 1.807) is 12.3 Å². The van der Waals surface area contributed by atoms with Crippen LogP contribution in [0.25, 0.3) is 10.8 Å². The number of nitrogens with zero attached hydrogens (tertiary/aromatic N) is 1. The number of hydrogen-bond donors (Lipinski definition) is 1. The van der Waals surface area contributed by atoms with Gasteiger partial charge < -0.3 is 9.47 Å². The number of hydrogen-bond acceptors (Lipinski definition) is 4. The zero-order valence-electron chi connectivity index (χ0n) is 17.5. The van der Waals surface area contributed by atoms with Crippen LogP contribution in [0, 0.1) is 0 Å². The van der Waals surface area contributed by atoms with E-state index in [2.05, 4.69) is 42.4 Å². The summed E-state index contributed by atoms with van der Waals surface area (Å²) < 4.78 is 13.4. The lowest BCUT2D eigenvalue weighted by Crippen LogP contribution is -2.24. The minimum atomic E-state index is -0.362. The van der Waals surface area contributed by atoms with E-state index in [1.165, 1.54) is 0 Å². The molecule has 0 aliphatic heterocycles. The normalized spacial score (nSPS) is 11.0. The third-order valence-electron chi connectivity index (χ3n) is 4.79. The highest BCUT2D eigenvalue weighted by atomic mass is 79.9. The van der Waals surface area contributed by atoms with Gasteiger partial charge in [-0.05, 0) is 62.6 Å². The highest BCUT2D eigenvalue weighted by molar-refractivity contribution is 9.10. The number of nitrogens with one attached hydrogen (secondary N) is 1. The molecule has 0 aliphatic carbocycles. The molecule has 4 aromatic rings. The first-order chi connectivity index (χ1) is 16.1. The minimum absolute atomic E-state index is 0.151. The van der Waals surface area contributed by atoms with Gasteiger partial charge in [0.15, 0.2) is 6.61 Å². The number of carbonyl (C=O) groups is 1. The molecule has 33 heavy (non-hydrogen) atoms. The van der Waals surface area contributed by atoms with Crippen molar-refractivity contribution in [3.05, 3.63) is 105 Å². The summed E-state index contributed by atoms with van der Waals surface area (Å²) in [5, 5.41) is 6.18. The fourth-order valence-corrected chi connectivity index (χ4v) is 4.07. The zero-order chi connectivity index (χ0) is 23.0. The molecule has 0 bridgehead atoms. The first kappa shape index (κ1) is 23.0. The quantitative estimate of drug-likeness (QED) is 0.196. The van der Waals surface area contributed by atoms with Crippen LogP contribution >= 0.6 is 31.9 Å². The van der Waals surface area contributed by atoms with Crippen molar-refractivity contribution >= 4 is 54.8 Å². The van der Waals surface area contributed by atoms with Gasteiger partial charge >= 0.3 is 0 Å². The van der Waals surface area contributed by atoms with Crippen LogP contribution in [0.5, 0.6) is 11.5 Å². The largest absolute Gasteiger partial charge is 0.488 e. The molecule has 4 aromatic carbocycles. The number of hydrazone groups is 1. The first-order valence-electron chi connectivity index (χ1n) is 10.2. The second kappa shape index (κ2) is 11.1. The van der Waals surface area contributed by atoms with Crippen LogP contribution in [0.15, 0.2) is 99.0 Å². The molecular weight excluding hydrogens is 548 g/mol. The lowest BCUT2D eigenvalue weighted by Gasteiger charge is -2.12. The summed E-state index contributed by atoms with van der Waals surface area (Å²) in [4.78, 5) is 12.2. The van der Waals surface area contributed by atoms with Gasteiger partial charge in [0.2, 0.25) is 0 Å². The van der Waals surface area contributed by atoms with Crippen molar-refractivity contribution < 1.29 is 14.3 Å². The van der Waals surface area contributed by atoms with Crippen molar-refractivity contribution in [3.8, 4) is 11.5 Å². The minimum Gasteiger partial charge on any atom is -0.488 e. The Bertz CT molecular complexity index is 1310. The molecule has 0 saturated carbocycles. The van der Waals surface area contributed by atoms with E-state index in [0.29, 0.717) is 18.1 Å². The van der Waals surface area contributed by atoms with Crippen molar-refractivity contribution in [1.82, 2.24) is 5.43 Å². The third-order valence-corrected chi connectivity index (χ3v) is 5.94. The first-order valence-corrected chi connectivity index (χ1v) is 11.8. The van der Waals surface area contributed by atoms with E-state index < -0.39 is 0 Å². The van der Waals surface area contributed by atoms with Crippen molar-refractivity contribution in [2.24, 2.45) is 5.10 Å². The Morgan fingerprint density at radius 1 is 0.879 bits per heavy atom. The molecular formula is C26H20Br2N2O3. The van der Waals surface area contributed by atoms with E-state index in [4.69, 9.17) is 9.47 Å². The Morgan fingerprint density at radius 2 is 1.70 bits per heavy atom. The lowest BCUT2D eigenvalue weighted by molar-refractivity contribution is -0.123. The maximum Gasteiger partial charge on any atom is 0.277 e. The predicted octanol–water partition coefficient (Wildman–Crippen LogP) is 6.47. The molecule has 1 N–H and O–H groups in total. The molecule has 0 heterocycles. The molecule has 0 atom stereocenters. The van der Waals surface area contributed by atoms with Crippen LogP contribution in [-0.2, 0) is 11.4 Å². The zero-order valence-corrected chi connectivity index (χ0v) is 20.7. The highest BCUT2D eigenvalue weighted by Gasteiger charge is 2.09. The van der Waals surface area contributed by atoms with Gasteiger partial charge in [-0.1, -0.05) is 70.5 Å². The molecule has 7 heteroatoms. The van der Waals surface area contributed by atoms with Gasteiger partial charge in [-0.15, -0.1) is 0 Å². The standard InChI is InChI=1S/C26H20Br2N2O3/c27-20-8-5-6-18(14-20)16-32-24-13-12-19-7-1-2-9-21(19)22(24)15-29-30-26(31)17-33-25-11-4-3-10-23(25)28/h1-15H,16-17H2,(H,30,31)/b29-15+. The van der Waals surface area contributed by atoms with Crippen molar-refractivity contribution in [2.45, 2.75) is 6.61 Å². The number of carbonyl (C=O) groups excluding carboxylic acids is 1. The van der Waals surface area contributed by atoms with Crippen molar-refractivity contribution in [3.63, 3.8) is 0 Å². The molecule has 0 unspecified atom stereocenters. The van der Waals surface area contributed by atoms with Crippen LogP contribution < -0.4 is 14.9 Å². The summed E-state index contributed by atoms with van der Waals surface area (Å²) in [5.74, 6) is 0.906. The fourth-order valence-electron chi connectivity index (χ4n) is 3.23. The van der Waals surface area contributed by atoms with Gasteiger partial charge in [0.1, 0.15) is 18.1 Å². The van der Waals surface area contributed by atoms with Crippen LogP contribution in [-0.4, -0.2) is 18.7 Å². The smallest absolute Gasteiger partial charge is 0.277 e. The molecule has 0 radical (unpaired) electrons. The maximum atomic E-state index is 12.2. The van der Waals surface area contributed by atoms with Gasteiger partial charge in [0.25, 0.3) is 5.91 Å². The number of para-hydroxylation sites is 1. The van der Waals surface area contributed by atoms with Gasteiger partial charge in [0, 0.05) is 10.0 Å². The van der Waals surface area contributed by atoms with Crippen LogP contribution in [0.2, 0.25) is 0 Å². The van der Waals surface area contributed by atoms with E-state index in [-0.39, 0.29) is 12.5 Å². The number of benzene rings is 4. The maximum absolute atomic E-state index is 12.2. The summed E-state index contributed by atoms with van der Waals surface area (Å²) in [5.41, 5.74) is 4.35. The van der Waals surface area contributed by atoms with E-state index in [0.717, 1.165) is 30.8 Å². The van der Waals surface area contributed by atoms with E-state index in [9.17, 15) is 4.79 Å². The summed E-state index contributed by atoms with van der Waals surface area (Å²) >= 11 is 6.88. The van der Waals surface area contributed by atoms with Crippen molar-refractivity contribution in [2.75, 3.05) is 6.61 Å². The summed E-state index contributed by atoms with van der Waals surface area (Å²) in [7, 11) is 0. The molecule has 5 nitrogen and oxygen atoms in total. The second-order valence-corrected chi connectivity index (χ2v) is 8.90. The topological polar surface area (TPSA) is 59.9 Å². The third kappa shape index (κ3) is 6.21. The monoisotopic (exact) mass is 566 g/mol. The lowest BCUT2D eigenvalue weighted by atomic mass is 10.0. The number of amides is 1. The number of ether oxygens (including phenoxy) is 2. The van der Waals surface area contributed by atoms with Crippen LogP contribution in [0.1, 0.15) is 11.1 Å². The summed E-state index contributed by atoms with van der Waals surface area (Å²) in [6, 6.07) is 27.2. The molecule has 1 amide bonds. The number of halogens is 2. The van der Waals surface area contributed by atoms with E-state index in [1.807, 2.05) is 78.9 Å². The molecule has 0 aromatic heterocycles. The van der Waals surface area contributed by atoms with Crippen LogP contribution in [0.3, 0.4) is 0 Å². The molecule has 0 saturated heterocycles. The molecule has 4 rings (SSSR count). The molecule has 0 aliphatic rings.